The molecule has 0 saturated carbocycles. The number of halogens is 1. The Bertz CT molecular complexity index is 754. The Morgan fingerprint density at radius 3 is 2.84 bits per heavy atom. The van der Waals surface area contributed by atoms with Crippen LogP contribution in [0.15, 0.2) is 23.6 Å². The van der Waals surface area contributed by atoms with Crippen molar-refractivity contribution in [2.75, 3.05) is 7.11 Å². The van der Waals surface area contributed by atoms with Crippen LogP contribution in [-0.4, -0.2) is 17.1 Å². The van der Waals surface area contributed by atoms with Crippen LogP contribution in [0.2, 0.25) is 5.02 Å². The third-order valence-electron chi connectivity index (χ3n) is 2.74. The molecule has 0 aliphatic carbocycles. The molecule has 0 N–H and O–H groups in total. The largest absolute Gasteiger partial charge is 0.495 e. The normalized spacial score (nSPS) is 10.9. The molecule has 0 spiro atoms. The van der Waals surface area contributed by atoms with E-state index in [1.807, 2.05) is 30.5 Å². The second-order valence-electron chi connectivity index (χ2n) is 4.06. The van der Waals surface area contributed by atoms with E-state index in [1.54, 1.807) is 18.4 Å². The quantitative estimate of drug-likeness (QED) is 0.711. The molecule has 95 valence electrons. The van der Waals surface area contributed by atoms with E-state index in [1.165, 1.54) is 0 Å². The van der Waals surface area contributed by atoms with Crippen molar-refractivity contribution >= 4 is 33.8 Å². The average Bonchev–Trinajstić information content (AvgIpc) is 2.86. The number of hydrogen-bond acceptors (Lipinski definition) is 4. The predicted molar refractivity (Wildman–Crippen MR) is 78.0 cm³/mol. The Balaban J connectivity index is 2.21. The van der Waals surface area contributed by atoms with Crippen molar-refractivity contribution in [3.8, 4) is 16.5 Å². The third kappa shape index (κ3) is 2.17. The summed E-state index contributed by atoms with van der Waals surface area (Å²) >= 11 is 7.84. The van der Waals surface area contributed by atoms with Crippen molar-refractivity contribution in [3.05, 3.63) is 40.4 Å². The Labute approximate surface area is 119 Å². The van der Waals surface area contributed by atoms with Crippen molar-refractivity contribution in [1.29, 1.82) is 0 Å². The maximum Gasteiger partial charge on any atom is 0.142 e. The minimum absolute atomic E-state index is 0.506. The minimum Gasteiger partial charge on any atom is -0.495 e. The summed E-state index contributed by atoms with van der Waals surface area (Å²) in [7, 11) is 1.59. The number of aryl methyl sites for hydroxylation is 1. The lowest BCUT2D eigenvalue weighted by Crippen LogP contribution is -1.89. The molecule has 2 heterocycles. The molecule has 3 nitrogen and oxygen atoms in total. The summed E-state index contributed by atoms with van der Waals surface area (Å²) in [6, 6.07) is 8.73. The lowest BCUT2D eigenvalue weighted by molar-refractivity contribution is 0.415. The Kier molecular flexibility index (Phi) is 3.12. The van der Waals surface area contributed by atoms with E-state index in [2.05, 4.69) is 16.0 Å². The van der Waals surface area contributed by atoms with Gasteiger partial charge in [0.2, 0.25) is 0 Å². The van der Waals surface area contributed by atoms with Gasteiger partial charge in [0.15, 0.2) is 0 Å². The standard InChI is InChI=1S/C14H10ClN2OS/c1-8-7-19-14(16-8)10-5-3-9-4-6-11(18-2)12(15)13(9)17-10/h4-7H,1-2H3. The number of rotatable bonds is 2. The number of pyridine rings is 1. The highest BCUT2D eigenvalue weighted by atomic mass is 35.5. The molecule has 19 heavy (non-hydrogen) atoms. The number of thiazole rings is 1. The zero-order chi connectivity index (χ0) is 13.4. The number of benzene rings is 1. The predicted octanol–water partition coefficient (Wildman–Crippen LogP) is 4.13. The number of aromatic nitrogens is 2. The van der Waals surface area contributed by atoms with Crippen molar-refractivity contribution < 1.29 is 4.74 Å². The smallest absolute Gasteiger partial charge is 0.142 e. The van der Waals surface area contributed by atoms with Crippen LogP contribution in [0.4, 0.5) is 0 Å². The molecule has 1 aromatic carbocycles. The summed E-state index contributed by atoms with van der Waals surface area (Å²) in [5, 5.41) is 4.23. The first-order chi connectivity index (χ1) is 9.19. The van der Waals surface area contributed by atoms with Crippen LogP contribution in [-0.2, 0) is 0 Å². The van der Waals surface area contributed by atoms with Gasteiger partial charge in [-0.05, 0) is 31.2 Å². The maximum absolute atomic E-state index is 6.28. The van der Waals surface area contributed by atoms with Gasteiger partial charge in [-0.25, -0.2) is 9.97 Å². The molecule has 0 amide bonds. The highest BCUT2D eigenvalue weighted by Crippen LogP contribution is 2.33. The molecule has 0 saturated heterocycles. The second kappa shape index (κ2) is 4.79. The van der Waals surface area contributed by atoms with Gasteiger partial charge < -0.3 is 4.74 Å². The SMILES string of the molecule is COc1ccc2[c]cc(-c3nc(C)cs3)nc2c1Cl. The van der Waals surface area contributed by atoms with E-state index in [9.17, 15) is 0 Å². The molecule has 5 heteroatoms. The molecule has 0 aliphatic heterocycles. The van der Waals surface area contributed by atoms with Gasteiger partial charge in [0, 0.05) is 16.5 Å². The van der Waals surface area contributed by atoms with E-state index in [-0.39, 0.29) is 0 Å². The Morgan fingerprint density at radius 1 is 1.32 bits per heavy atom. The fraction of sp³-hybridized carbons (Fsp3) is 0.143. The van der Waals surface area contributed by atoms with Gasteiger partial charge in [0.25, 0.3) is 0 Å². The van der Waals surface area contributed by atoms with E-state index < -0.39 is 0 Å². The first kappa shape index (κ1) is 12.4. The van der Waals surface area contributed by atoms with Crippen molar-refractivity contribution in [1.82, 2.24) is 9.97 Å². The van der Waals surface area contributed by atoms with Crippen LogP contribution in [0.5, 0.6) is 5.75 Å². The molecule has 3 aromatic rings. The van der Waals surface area contributed by atoms with Gasteiger partial charge in [-0.2, -0.15) is 0 Å². The van der Waals surface area contributed by atoms with Crippen molar-refractivity contribution in [2.45, 2.75) is 6.92 Å². The highest BCUT2D eigenvalue weighted by molar-refractivity contribution is 7.13. The van der Waals surface area contributed by atoms with Crippen molar-refractivity contribution in [3.63, 3.8) is 0 Å². The summed E-state index contributed by atoms with van der Waals surface area (Å²) in [5.74, 6) is 0.613. The molecular weight excluding hydrogens is 280 g/mol. The van der Waals surface area contributed by atoms with E-state index >= 15 is 0 Å². The summed E-state index contributed by atoms with van der Waals surface area (Å²) < 4.78 is 5.20. The first-order valence-corrected chi connectivity index (χ1v) is 6.92. The molecule has 0 unspecified atom stereocenters. The molecular formula is C14H10ClN2OS. The summed E-state index contributed by atoms with van der Waals surface area (Å²) in [4.78, 5) is 8.99. The number of fused-ring (bicyclic) bond motifs is 1. The van der Waals surface area contributed by atoms with Crippen LogP contribution < -0.4 is 4.74 Å². The first-order valence-electron chi connectivity index (χ1n) is 5.66. The second-order valence-corrected chi connectivity index (χ2v) is 5.29. The number of ether oxygens (including phenoxy) is 1. The molecule has 1 radical (unpaired) electrons. The van der Waals surface area contributed by atoms with Crippen LogP contribution in [0, 0.1) is 13.0 Å². The van der Waals surface area contributed by atoms with Crippen LogP contribution >= 0.6 is 22.9 Å². The third-order valence-corrected chi connectivity index (χ3v) is 4.08. The molecule has 2 aromatic heterocycles. The summed E-state index contributed by atoms with van der Waals surface area (Å²) in [5.41, 5.74) is 2.45. The maximum atomic E-state index is 6.28. The molecule has 0 fully saturated rings. The molecule has 0 bridgehead atoms. The lowest BCUT2D eigenvalue weighted by Gasteiger charge is -2.06. The minimum atomic E-state index is 0.506. The average molecular weight is 290 g/mol. The molecule has 3 rings (SSSR count). The Morgan fingerprint density at radius 2 is 2.16 bits per heavy atom. The van der Waals surface area contributed by atoms with Gasteiger partial charge in [-0.3, -0.25) is 0 Å². The van der Waals surface area contributed by atoms with Gasteiger partial charge in [-0.15, -0.1) is 11.3 Å². The molecule has 0 atom stereocenters. The van der Waals surface area contributed by atoms with Crippen LogP contribution in [0.1, 0.15) is 5.69 Å². The fourth-order valence-electron chi connectivity index (χ4n) is 1.81. The van der Waals surface area contributed by atoms with Gasteiger partial charge >= 0.3 is 0 Å². The topological polar surface area (TPSA) is 35.0 Å². The van der Waals surface area contributed by atoms with E-state index in [0.29, 0.717) is 16.3 Å². The summed E-state index contributed by atoms with van der Waals surface area (Å²) in [6.07, 6.45) is 0. The fourth-order valence-corrected chi connectivity index (χ4v) is 2.85. The summed E-state index contributed by atoms with van der Waals surface area (Å²) in [6.45, 7) is 1.96. The van der Waals surface area contributed by atoms with Gasteiger partial charge in [0.1, 0.15) is 21.5 Å². The van der Waals surface area contributed by atoms with Crippen LogP contribution in [0.3, 0.4) is 0 Å². The Hall–Kier alpha value is -1.65. The van der Waals surface area contributed by atoms with Gasteiger partial charge in [-0.1, -0.05) is 11.6 Å². The highest BCUT2D eigenvalue weighted by Gasteiger charge is 2.10. The number of hydrogen-bond donors (Lipinski definition) is 0. The lowest BCUT2D eigenvalue weighted by atomic mass is 10.2. The zero-order valence-electron chi connectivity index (χ0n) is 10.4. The van der Waals surface area contributed by atoms with Gasteiger partial charge in [0.05, 0.1) is 12.6 Å². The van der Waals surface area contributed by atoms with E-state index in [4.69, 9.17) is 16.3 Å². The van der Waals surface area contributed by atoms with E-state index in [0.717, 1.165) is 21.8 Å². The molecule has 0 aliphatic rings. The monoisotopic (exact) mass is 289 g/mol. The van der Waals surface area contributed by atoms with Crippen LogP contribution in [0.25, 0.3) is 21.6 Å². The zero-order valence-corrected chi connectivity index (χ0v) is 12.0. The number of methoxy groups -OCH3 is 1. The van der Waals surface area contributed by atoms with Crippen molar-refractivity contribution in [2.24, 2.45) is 0 Å². The number of nitrogens with zero attached hydrogens (tertiary/aromatic N) is 2.